The molecule has 6 heteroatoms. The van der Waals surface area contributed by atoms with Crippen molar-refractivity contribution in [1.82, 2.24) is 29.9 Å². The molecule has 310 valence electrons. The molecule has 0 aliphatic heterocycles. The molecule has 0 bridgehead atoms. The van der Waals surface area contributed by atoms with Crippen LogP contribution in [-0.2, 0) is 5.41 Å². The van der Waals surface area contributed by atoms with Gasteiger partial charge in [0.25, 0.3) is 0 Å². The van der Waals surface area contributed by atoms with Gasteiger partial charge in [0.1, 0.15) is 0 Å². The third-order valence-electron chi connectivity index (χ3n) is 11.4. The lowest BCUT2D eigenvalue weighted by Crippen LogP contribution is -2.15. The minimum absolute atomic E-state index is 0.0773. The molecule has 0 fully saturated rings. The molecule has 64 heavy (non-hydrogen) atoms. The minimum Gasteiger partial charge on any atom is -0.256 e. The van der Waals surface area contributed by atoms with Gasteiger partial charge in [-0.05, 0) is 58.3 Å². The van der Waals surface area contributed by atoms with E-state index in [1.54, 1.807) is 0 Å². The Morgan fingerprint density at radius 1 is 0.438 bits per heavy atom. The van der Waals surface area contributed by atoms with E-state index in [1.165, 1.54) is 10.8 Å². The number of pyridine rings is 2. The number of rotatable bonds is 6. The fraction of sp³-hybridized carbons (Fsp3) is 0.103. The first-order valence-corrected chi connectivity index (χ1v) is 21.8. The molecule has 1 aliphatic rings. The molecule has 6 nitrogen and oxygen atoms in total. The zero-order valence-electron chi connectivity index (χ0n) is 36.8. The van der Waals surface area contributed by atoms with Crippen LogP contribution in [0.2, 0.25) is 0 Å². The van der Waals surface area contributed by atoms with Crippen LogP contribution in [0.25, 0.3) is 99.8 Å². The molecule has 1 aliphatic carbocycles. The number of allylic oxidation sites excluding steroid dienone is 4. The third-order valence-corrected chi connectivity index (χ3v) is 11.4. The van der Waals surface area contributed by atoms with Gasteiger partial charge >= 0.3 is 0 Å². The first-order valence-electron chi connectivity index (χ1n) is 21.8. The Labute approximate surface area is 374 Å². The van der Waals surface area contributed by atoms with Gasteiger partial charge in [-0.25, -0.2) is 19.9 Å². The van der Waals surface area contributed by atoms with Crippen LogP contribution in [0.3, 0.4) is 0 Å². The molecule has 0 unspecified atom stereocenters. The van der Waals surface area contributed by atoms with Crippen LogP contribution >= 0.6 is 0 Å². The molecule has 0 saturated carbocycles. The van der Waals surface area contributed by atoms with E-state index in [0.29, 0.717) is 5.82 Å². The molecule has 0 atom stereocenters. The fourth-order valence-electron chi connectivity index (χ4n) is 8.52. The maximum absolute atomic E-state index is 5.01. The van der Waals surface area contributed by atoms with E-state index in [2.05, 4.69) is 135 Å². The largest absolute Gasteiger partial charge is 0.256 e. The summed E-state index contributed by atoms with van der Waals surface area (Å²) >= 11 is 0. The SMILES string of the molecule is C=CC1=C(C=C)c2nc(-c3cccc(-c4nccc5ccccc45)c3)nc3cccc1c23.CC.CC(C)(C)c1nc(-c2cccc(-c3nccc4ccccc34)c2)nc2ccccc12. The molecule has 0 radical (unpaired) electrons. The normalized spacial score (nSPS) is 11.9. The van der Waals surface area contributed by atoms with Crippen molar-refractivity contribution in [3.63, 3.8) is 0 Å². The van der Waals surface area contributed by atoms with Crippen molar-refractivity contribution in [3.8, 4) is 45.3 Å². The van der Waals surface area contributed by atoms with Crippen molar-refractivity contribution in [2.24, 2.45) is 0 Å². The summed E-state index contributed by atoms with van der Waals surface area (Å²) in [7, 11) is 0. The van der Waals surface area contributed by atoms with Crippen LogP contribution in [0, 0.1) is 0 Å². The standard InChI is InChI=1S/C29H19N3.C27H23N3.C2H6/c1-3-21-22(4-2)28-26-24(21)13-8-14-25(26)31-29(32-28)20-11-7-10-19(17-20)27-23-12-6-5-9-18(23)15-16-30-27;1-27(2,3)25-22-13-6-7-14-23(22)29-26(30-25)20-11-8-10-19(17-20)24-21-12-5-4-9-18(21)15-16-28-24;1-2/h3-17H,1-2H2;4-17H,1-3H3;1-2H3. The molecule has 0 saturated heterocycles. The van der Waals surface area contributed by atoms with Gasteiger partial charge < -0.3 is 0 Å². The van der Waals surface area contributed by atoms with Gasteiger partial charge in [0.05, 0.1) is 33.8 Å². The van der Waals surface area contributed by atoms with Crippen molar-refractivity contribution in [2.75, 3.05) is 0 Å². The van der Waals surface area contributed by atoms with Gasteiger partial charge in [0, 0.05) is 67.2 Å². The average molecular weight is 829 g/mol. The van der Waals surface area contributed by atoms with Crippen molar-refractivity contribution in [3.05, 3.63) is 206 Å². The van der Waals surface area contributed by atoms with E-state index < -0.39 is 0 Å². The summed E-state index contributed by atoms with van der Waals surface area (Å²) < 4.78 is 0. The Kier molecular flexibility index (Phi) is 11.3. The second kappa shape index (κ2) is 17.4. The highest BCUT2D eigenvalue weighted by Crippen LogP contribution is 2.43. The van der Waals surface area contributed by atoms with E-state index in [9.17, 15) is 0 Å². The van der Waals surface area contributed by atoms with Crippen molar-refractivity contribution < 1.29 is 0 Å². The van der Waals surface area contributed by atoms with Gasteiger partial charge in [-0.2, -0.15) is 0 Å². The summed E-state index contributed by atoms with van der Waals surface area (Å²) in [6.45, 7) is 18.6. The molecular weight excluding hydrogens is 781 g/mol. The van der Waals surface area contributed by atoms with Crippen LogP contribution in [0.5, 0.6) is 0 Å². The van der Waals surface area contributed by atoms with E-state index in [-0.39, 0.29) is 5.41 Å². The van der Waals surface area contributed by atoms with Crippen LogP contribution in [0.4, 0.5) is 0 Å². The van der Waals surface area contributed by atoms with Gasteiger partial charge in [0.2, 0.25) is 0 Å². The smallest absolute Gasteiger partial charge is 0.160 e. The van der Waals surface area contributed by atoms with Crippen LogP contribution in [0.15, 0.2) is 189 Å². The summed E-state index contributed by atoms with van der Waals surface area (Å²) in [5, 5.41) is 6.80. The Morgan fingerprint density at radius 3 is 1.50 bits per heavy atom. The molecule has 11 rings (SSSR count). The van der Waals surface area contributed by atoms with E-state index in [1.807, 2.05) is 99.1 Å². The predicted octanol–water partition coefficient (Wildman–Crippen LogP) is 14.9. The fourth-order valence-corrected chi connectivity index (χ4v) is 8.52. The highest BCUT2D eigenvalue weighted by molar-refractivity contribution is 6.16. The Bertz CT molecular complexity index is 3440. The molecule has 0 N–H and O–H groups in total. The Morgan fingerprint density at radius 2 is 0.922 bits per heavy atom. The Balaban J connectivity index is 0.000000156. The minimum atomic E-state index is -0.0773. The van der Waals surface area contributed by atoms with Crippen LogP contribution in [0.1, 0.15) is 51.6 Å². The average Bonchev–Trinajstić information content (AvgIpc) is 3.67. The van der Waals surface area contributed by atoms with Crippen molar-refractivity contribution in [2.45, 2.75) is 40.0 Å². The van der Waals surface area contributed by atoms with Gasteiger partial charge in [-0.1, -0.05) is 175 Å². The van der Waals surface area contributed by atoms with E-state index in [0.717, 1.165) is 100 Å². The van der Waals surface area contributed by atoms with Gasteiger partial charge in [-0.3, -0.25) is 9.97 Å². The summed E-state index contributed by atoms with van der Waals surface area (Å²) in [6.07, 6.45) is 7.46. The van der Waals surface area contributed by atoms with Crippen molar-refractivity contribution in [1.29, 1.82) is 0 Å². The number of nitrogens with zero attached hydrogens (tertiary/aromatic N) is 6. The molecule has 6 aromatic carbocycles. The number of hydrogen-bond acceptors (Lipinski definition) is 6. The quantitative estimate of drug-likeness (QED) is 0.166. The summed E-state index contributed by atoms with van der Waals surface area (Å²) in [5.41, 5.74) is 13.0. The lowest BCUT2D eigenvalue weighted by atomic mass is 9.89. The first kappa shape index (κ1) is 41.4. The summed E-state index contributed by atoms with van der Waals surface area (Å²) in [4.78, 5) is 29.1. The zero-order chi connectivity index (χ0) is 44.4. The highest BCUT2D eigenvalue weighted by Gasteiger charge is 2.25. The lowest BCUT2D eigenvalue weighted by molar-refractivity contribution is 0.575. The van der Waals surface area contributed by atoms with Gasteiger partial charge in [0.15, 0.2) is 11.6 Å². The number of para-hydroxylation sites is 1. The van der Waals surface area contributed by atoms with Crippen LogP contribution in [-0.4, -0.2) is 29.9 Å². The highest BCUT2D eigenvalue weighted by atomic mass is 14.9. The van der Waals surface area contributed by atoms with E-state index >= 15 is 0 Å². The third kappa shape index (κ3) is 7.64. The first-order chi connectivity index (χ1) is 31.3. The number of aromatic nitrogens is 6. The maximum Gasteiger partial charge on any atom is 0.160 e. The predicted molar refractivity (Wildman–Crippen MR) is 269 cm³/mol. The van der Waals surface area contributed by atoms with Crippen molar-refractivity contribution >= 4 is 54.5 Å². The molecule has 4 aromatic heterocycles. The Hall–Kier alpha value is -7.96. The number of benzene rings is 6. The second-order valence-corrected chi connectivity index (χ2v) is 16.4. The molecule has 4 heterocycles. The van der Waals surface area contributed by atoms with E-state index in [4.69, 9.17) is 19.9 Å². The molecule has 10 aromatic rings. The number of hydrogen-bond donors (Lipinski definition) is 0. The maximum atomic E-state index is 5.01. The lowest BCUT2D eigenvalue weighted by Gasteiger charge is -2.20. The van der Waals surface area contributed by atoms with Gasteiger partial charge in [-0.15, -0.1) is 0 Å². The second-order valence-electron chi connectivity index (χ2n) is 16.4. The van der Waals surface area contributed by atoms with Crippen LogP contribution < -0.4 is 0 Å². The molecule has 0 spiro atoms. The topological polar surface area (TPSA) is 77.3 Å². The number of fused-ring (bicyclic) bond motifs is 3. The molecular formula is C58H48N6. The summed E-state index contributed by atoms with van der Waals surface area (Å²) in [5.74, 6) is 1.44. The zero-order valence-corrected chi connectivity index (χ0v) is 36.8. The monoisotopic (exact) mass is 828 g/mol. The summed E-state index contributed by atoms with van der Waals surface area (Å²) in [6, 6.07) is 51.8. The molecule has 0 amide bonds.